The lowest BCUT2D eigenvalue weighted by atomic mass is 10.4. The van der Waals surface area contributed by atoms with Gasteiger partial charge in [-0.3, -0.25) is 0 Å². The lowest BCUT2D eigenvalue weighted by Gasteiger charge is -2.29. The Morgan fingerprint density at radius 2 is 1.45 bits per heavy atom. The van der Waals surface area contributed by atoms with E-state index in [0.29, 0.717) is 0 Å². The van der Waals surface area contributed by atoms with Crippen LogP contribution in [0, 0.1) is 0 Å². The fourth-order valence-corrected chi connectivity index (χ4v) is 1.06. The molecular formula is C9H20N2. The molecule has 0 amide bonds. The first-order valence-electron chi connectivity index (χ1n) is 4.25. The van der Waals surface area contributed by atoms with Crippen molar-refractivity contribution < 1.29 is 0 Å². The summed E-state index contributed by atoms with van der Waals surface area (Å²) in [5.74, 6) is 1.30. The molecule has 2 nitrogen and oxygen atoms in total. The summed E-state index contributed by atoms with van der Waals surface area (Å²) in [4.78, 5) is 4.48. The molecule has 0 spiro atoms. The predicted octanol–water partition coefficient (Wildman–Crippen LogP) is 1.75. The summed E-state index contributed by atoms with van der Waals surface area (Å²) in [5.41, 5.74) is 0. The van der Waals surface area contributed by atoms with Gasteiger partial charge in [-0.1, -0.05) is 0 Å². The zero-order chi connectivity index (χ0) is 8.85. The molecule has 0 atom stereocenters. The number of hydrogen-bond acceptors (Lipinski definition) is 2. The summed E-state index contributed by atoms with van der Waals surface area (Å²) in [6, 6.07) is 0. The molecule has 0 rings (SSSR count). The Morgan fingerprint density at radius 3 is 1.64 bits per heavy atom. The molecule has 0 fully saturated rings. The predicted molar refractivity (Wildman–Crippen MR) is 50.4 cm³/mol. The summed E-state index contributed by atoms with van der Waals surface area (Å²) < 4.78 is 0. The Labute approximate surface area is 70.5 Å². The van der Waals surface area contributed by atoms with E-state index in [2.05, 4.69) is 50.7 Å². The Kier molecular flexibility index (Phi) is 4.75. The molecule has 0 unspecified atom stereocenters. The third kappa shape index (κ3) is 2.83. The van der Waals surface area contributed by atoms with Crippen molar-refractivity contribution in [2.24, 2.45) is 0 Å². The van der Waals surface area contributed by atoms with E-state index in [4.69, 9.17) is 0 Å². The Hall–Kier alpha value is -0.660. The minimum atomic E-state index is 1.06. The van der Waals surface area contributed by atoms with Gasteiger partial charge in [0, 0.05) is 27.2 Å². The zero-order valence-electron chi connectivity index (χ0n) is 8.39. The lowest BCUT2D eigenvalue weighted by molar-refractivity contribution is 0.284. The number of nitrogens with zero attached hydrogens (tertiary/aromatic N) is 2. The number of allylic oxidation sites excluding steroid dienone is 1. The summed E-state index contributed by atoms with van der Waals surface area (Å²) in [7, 11) is 4.23. The van der Waals surface area contributed by atoms with Crippen molar-refractivity contribution in [2.75, 3.05) is 27.2 Å². The molecule has 2 heteroatoms. The summed E-state index contributed by atoms with van der Waals surface area (Å²) >= 11 is 0. The third-order valence-corrected chi connectivity index (χ3v) is 1.99. The SMILES string of the molecule is CC=C(N(C)CC)N(C)CC. The second-order valence-corrected chi connectivity index (χ2v) is 2.68. The van der Waals surface area contributed by atoms with E-state index < -0.39 is 0 Å². The topological polar surface area (TPSA) is 6.48 Å². The summed E-state index contributed by atoms with van der Waals surface area (Å²) in [6.45, 7) is 8.52. The van der Waals surface area contributed by atoms with Gasteiger partial charge < -0.3 is 9.80 Å². The van der Waals surface area contributed by atoms with E-state index >= 15 is 0 Å². The van der Waals surface area contributed by atoms with Crippen LogP contribution < -0.4 is 0 Å². The van der Waals surface area contributed by atoms with Crippen LogP contribution >= 0.6 is 0 Å². The molecule has 0 aliphatic heterocycles. The Balaban J connectivity index is 4.17. The maximum Gasteiger partial charge on any atom is 0.0989 e. The summed E-state index contributed by atoms with van der Waals surface area (Å²) in [6.07, 6.45) is 2.15. The number of rotatable bonds is 4. The highest BCUT2D eigenvalue weighted by molar-refractivity contribution is 4.96. The Morgan fingerprint density at radius 1 is 1.09 bits per heavy atom. The van der Waals surface area contributed by atoms with Crippen molar-refractivity contribution >= 4 is 0 Å². The molecule has 0 radical (unpaired) electrons. The molecule has 66 valence electrons. The van der Waals surface area contributed by atoms with Crippen LogP contribution in [0.3, 0.4) is 0 Å². The largest absolute Gasteiger partial charge is 0.362 e. The molecule has 0 aliphatic rings. The van der Waals surface area contributed by atoms with E-state index in [1.54, 1.807) is 0 Å². The van der Waals surface area contributed by atoms with Crippen LogP contribution in [0.15, 0.2) is 11.9 Å². The molecule has 0 saturated heterocycles. The van der Waals surface area contributed by atoms with E-state index in [1.165, 1.54) is 5.82 Å². The normalized spacial score (nSPS) is 9.18. The quantitative estimate of drug-likeness (QED) is 0.612. The standard InChI is InChI=1S/C9H20N2/c1-6-9(10(4)7-2)11(5)8-3/h6H,7-8H2,1-5H3. The third-order valence-electron chi connectivity index (χ3n) is 1.99. The molecule has 0 aromatic rings. The fourth-order valence-electron chi connectivity index (χ4n) is 1.06. The van der Waals surface area contributed by atoms with Crippen molar-refractivity contribution in [3.05, 3.63) is 11.9 Å². The van der Waals surface area contributed by atoms with Gasteiger partial charge in [0.2, 0.25) is 0 Å². The van der Waals surface area contributed by atoms with Gasteiger partial charge in [0.05, 0.1) is 5.82 Å². The highest BCUT2D eigenvalue weighted by Crippen LogP contribution is 2.04. The molecule has 0 aromatic heterocycles. The fraction of sp³-hybridized carbons (Fsp3) is 0.778. The van der Waals surface area contributed by atoms with Crippen LogP contribution in [-0.4, -0.2) is 37.0 Å². The van der Waals surface area contributed by atoms with E-state index in [0.717, 1.165) is 13.1 Å². The maximum absolute atomic E-state index is 2.24. The van der Waals surface area contributed by atoms with E-state index in [1.807, 2.05) is 0 Å². The van der Waals surface area contributed by atoms with Crippen LogP contribution in [0.2, 0.25) is 0 Å². The number of hydrogen-bond donors (Lipinski definition) is 0. The molecule has 0 aliphatic carbocycles. The van der Waals surface area contributed by atoms with Crippen molar-refractivity contribution in [1.29, 1.82) is 0 Å². The first-order valence-corrected chi connectivity index (χ1v) is 4.25. The van der Waals surface area contributed by atoms with Gasteiger partial charge in [0.15, 0.2) is 0 Å². The minimum Gasteiger partial charge on any atom is -0.362 e. The van der Waals surface area contributed by atoms with E-state index in [-0.39, 0.29) is 0 Å². The highest BCUT2D eigenvalue weighted by atomic mass is 15.3. The van der Waals surface area contributed by atoms with Crippen molar-refractivity contribution in [3.8, 4) is 0 Å². The average molecular weight is 156 g/mol. The van der Waals surface area contributed by atoms with Gasteiger partial charge >= 0.3 is 0 Å². The molecule has 0 saturated carbocycles. The van der Waals surface area contributed by atoms with Crippen LogP contribution in [0.4, 0.5) is 0 Å². The van der Waals surface area contributed by atoms with E-state index in [9.17, 15) is 0 Å². The van der Waals surface area contributed by atoms with Gasteiger partial charge in [-0.15, -0.1) is 0 Å². The monoisotopic (exact) mass is 156 g/mol. The van der Waals surface area contributed by atoms with Crippen LogP contribution in [0.1, 0.15) is 20.8 Å². The van der Waals surface area contributed by atoms with Crippen LogP contribution in [0.25, 0.3) is 0 Å². The van der Waals surface area contributed by atoms with Crippen molar-refractivity contribution in [1.82, 2.24) is 9.80 Å². The van der Waals surface area contributed by atoms with Crippen molar-refractivity contribution in [2.45, 2.75) is 20.8 Å². The molecule has 0 bridgehead atoms. The molecule has 0 aromatic carbocycles. The first kappa shape index (κ1) is 10.3. The molecule has 0 heterocycles. The maximum atomic E-state index is 2.24. The smallest absolute Gasteiger partial charge is 0.0989 e. The van der Waals surface area contributed by atoms with Crippen LogP contribution in [0.5, 0.6) is 0 Å². The average Bonchev–Trinajstić information content (AvgIpc) is 2.05. The summed E-state index contributed by atoms with van der Waals surface area (Å²) in [5, 5.41) is 0. The van der Waals surface area contributed by atoms with Gasteiger partial charge in [0.1, 0.15) is 0 Å². The minimum absolute atomic E-state index is 1.06. The van der Waals surface area contributed by atoms with Gasteiger partial charge in [-0.25, -0.2) is 0 Å². The van der Waals surface area contributed by atoms with Crippen molar-refractivity contribution in [3.63, 3.8) is 0 Å². The zero-order valence-corrected chi connectivity index (χ0v) is 8.39. The molecule has 11 heavy (non-hydrogen) atoms. The Bertz CT molecular complexity index is 118. The van der Waals surface area contributed by atoms with Gasteiger partial charge in [-0.05, 0) is 26.8 Å². The molecule has 0 N–H and O–H groups in total. The first-order chi connectivity index (χ1) is 5.17. The second-order valence-electron chi connectivity index (χ2n) is 2.68. The van der Waals surface area contributed by atoms with Gasteiger partial charge in [-0.2, -0.15) is 0 Å². The highest BCUT2D eigenvalue weighted by Gasteiger charge is 2.03. The molecular weight excluding hydrogens is 136 g/mol. The lowest BCUT2D eigenvalue weighted by Crippen LogP contribution is -2.30. The van der Waals surface area contributed by atoms with Gasteiger partial charge in [0.25, 0.3) is 0 Å². The second kappa shape index (κ2) is 5.05. The van der Waals surface area contributed by atoms with Crippen LogP contribution in [-0.2, 0) is 0 Å².